The van der Waals surface area contributed by atoms with E-state index in [1.807, 2.05) is 31.2 Å². The summed E-state index contributed by atoms with van der Waals surface area (Å²) in [5.41, 5.74) is 1.85. The summed E-state index contributed by atoms with van der Waals surface area (Å²) in [6.07, 6.45) is 3.25. The molecule has 1 aromatic heterocycles. The lowest BCUT2D eigenvalue weighted by molar-refractivity contribution is 0.578. The number of nitrogens with one attached hydrogen (secondary N) is 3. The number of benzene rings is 1. The van der Waals surface area contributed by atoms with Crippen LogP contribution in [0.15, 0.2) is 36.7 Å². The lowest BCUT2D eigenvalue weighted by Crippen LogP contribution is -2.25. The van der Waals surface area contributed by atoms with Crippen molar-refractivity contribution in [3.63, 3.8) is 0 Å². The molecule has 0 fully saturated rings. The lowest BCUT2D eigenvalue weighted by Gasteiger charge is -2.08. The van der Waals surface area contributed by atoms with E-state index in [0.717, 1.165) is 24.2 Å². The van der Waals surface area contributed by atoms with Crippen LogP contribution in [0, 0.1) is 0 Å². The van der Waals surface area contributed by atoms with Crippen molar-refractivity contribution in [1.29, 1.82) is 0 Å². The maximum Gasteiger partial charge on any atom is 0.216 e. The first-order valence-electron chi connectivity index (χ1n) is 6.83. The Labute approximate surface area is 125 Å². The van der Waals surface area contributed by atoms with Crippen molar-refractivity contribution in [2.75, 3.05) is 6.54 Å². The molecule has 21 heavy (non-hydrogen) atoms. The van der Waals surface area contributed by atoms with Gasteiger partial charge in [0, 0.05) is 18.9 Å². The highest BCUT2D eigenvalue weighted by Gasteiger charge is 2.12. The molecule has 0 bridgehead atoms. The van der Waals surface area contributed by atoms with E-state index < -0.39 is 10.0 Å². The molecule has 7 heteroatoms. The van der Waals surface area contributed by atoms with Crippen molar-refractivity contribution < 1.29 is 8.42 Å². The standard InChI is InChI=1S/C14H20N4O2S/c1-2-15-9-12-4-3-5-13(8-12)11-21(19,20)18-10-14-16-6-7-17-14/h3-8,15,18H,2,9-11H2,1H3,(H,16,17). The molecule has 1 aromatic carbocycles. The van der Waals surface area contributed by atoms with Crippen LogP contribution in [-0.2, 0) is 28.9 Å². The van der Waals surface area contributed by atoms with E-state index in [-0.39, 0.29) is 12.3 Å². The number of H-pyrrole nitrogens is 1. The molecular formula is C14H20N4O2S. The smallest absolute Gasteiger partial charge is 0.216 e. The van der Waals surface area contributed by atoms with Gasteiger partial charge in [-0.25, -0.2) is 18.1 Å². The number of aromatic amines is 1. The molecule has 0 saturated carbocycles. The molecule has 114 valence electrons. The van der Waals surface area contributed by atoms with Crippen LogP contribution in [-0.4, -0.2) is 24.9 Å². The fourth-order valence-corrected chi connectivity index (χ4v) is 3.02. The second-order valence-corrected chi connectivity index (χ2v) is 6.52. The SMILES string of the molecule is CCNCc1cccc(CS(=O)(=O)NCc2ncc[nH]2)c1. The van der Waals surface area contributed by atoms with Crippen LogP contribution in [0.2, 0.25) is 0 Å². The molecule has 2 rings (SSSR count). The summed E-state index contributed by atoms with van der Waals surface area (Å²) in [7, 11) is -3.38. The van der Waals surface area contributed by atoms with Gasteiger partial charge < -0.3 is 10.3 Å². The topological polar surface area (TPSA) is 86.9 Å². The van der Waals surface area contributed by atoms with Gasteiger partial charge in [0.1, 0.15) is 5.82 Å². The van der Waals surface area contributed by atoms with Gasteiger partial charge in [-0.05, 0) is 17.7 Å². The van der Waals surface area contributed by atoms with E-state index in [1.165, 1.54) is 0 Å². The highest BCUT2D eigenvalue weighted by Crippen LogP contribution is 2.09. The maximum atomic E-state index is 12.1. The average molecular weight is 308 g/mol. The molecule has 0 amide bonds. The molecule has 0 aliphatic heterocycles. The van der Waals surface area contributed by atoms with Gasteiger partial charge in [-0.15, -0.1) is 0 Å². The molecular weight excluding hydrogens is 288 g/mol. The zero-order chi connectivity index (χ0) is 15.1. The Kier molecular flexibility index (Phi) is 5.49. The molecule has 0 unspecified atom stereocenters. The van der Waals surface area contributed by atoms with Gasteiger partial charge in [-0.1, -0.05) is 31.2 Å². The summed E-state index contributed by atoms with van der Waals surface area (Å²) < 4.78 is 26.6. The van der Waals surface area contributed by atoms with Gasteiger partial charge in [0.2, 0.25) is 10.0 Å². The summed E-state index contributed by atoms with van der Waals surface area (Å²) in [6.45, 7) is 3.83. The van der Waals surface area contributed by atoms with Crippen LogP contribution in [0.5, 0.6) is 0 Å². The molecule has 0 radical (unpaired) electrons. The summed E-state index contributed by atoms with van der Waals surface area (Å²) in [6, 6.07) is 7.59. The van der Waals surface area contributed by atoms with Gasteiger partial charge in [-0.2, -0.15) is 0 Å². The third-order valence-electron chi connectivity index (χ3n) is 2.94. The Morgan fingerprint density at radius 1 is 1.24 bits per heavy atom. The number of sulfonamides is 1. The van der Waals surface area contributed by atoms with E-state index in [4.69, 9.17) is 0 Å². The van der Waals surface area contributed by atoms with Crippen molar-refractivity contribution in [2.45, 2.75) is 25.8 Å². The predicted octanol–water partition coefficient (Wildman–Crippen LogP) is 1.14. The first-order chi connectivity index (χ1) is 10.1. The Balaban J connectivity index is 1.95. The first-order valence-corrected chi connectivity index (χ1v) is 8.48. The van der Waals surface area contributed by atoms with Gasteiger partial charge >= 0.3 is 0 Å². The largest absolute Gasteiger partial charge is 0.347 e. The highest BCUT2D eigenvalue weighted by molar-refractivity contribution is 7.88. The second-order valence-electron chi connectivity index (χ2n) is 4.72. The number of aromatic nitrogens is 2. The minimum atomic E-state index is -3.38. The highest BCUT2D eigenvalue weighted by atomic mass is 32.2. The summed E-state index contributed by atoms with van der Waals surface area (Å²) in [5.74, 6) is 0.563. The van der Waals surface area contributed by atoms with Crippen LogP contribution in [0.25, 0.3) is 0 Å². The fourth-order valence-electron chi connectivity index (χ4n) is 1.94. The van der Waals surface area contributed by atoms with Crippen molar-refractivity contribution in [3.8, 4) is 0 Å². The van der Waals surface area contributed by atoms with E-state index >= 15 is 0 Å². The van der Waals surface area contributed by atoms with Crippen molar-refractivity contribution in [2.24, 2.45) is 0 Å². The summed E-state index contributed by atoms with van der Waals surface area (Å²) in [4.78, 5) is 6.84. The average Bonchev–Trinajstić information content (AvgIpc) is 2.96. The number of rotatable bonds is 8. The van der Waals surface area contributed by atoms with E-state index in [9.17, 15) is 8.42 Å². The van der Waals surface area contributed by atoms with E-state index in [2.05, 4.69) is 20.0 Å². The second kappa shape index (κ2) is 7.35. The minimum absolute atomic E-state index is 0.0341. The normalized spacial score (nSPS) is 11.7. The number of imidazole rings is 1. The summed E-state index contributed by atoms with van der Waals surface area (Å²) >= 11 is 0. The third kappa shape index (κ3) is 5.30. The van der Waals surface area contributed by atoms with Crippen LogP contribution < -0.4 is 10.0 Å². The number of hydrogen-bond donors (Lipinski definition) is 3. The fraction of sp³-hybridized carbons (Fsp3) is 0.357. The first kappa shape index (κ1) is 15.7. The van der Waals surface area contributed by atoms with Gasteiger partial charge in [-0.3, -0.25) is 0 Å². The predicted molar refractivity (Wildman–Crippen MR) is 81.9 cm³/mol. The molecule has 0 aliphatic rings. The zero-order valence-electron chi connectivity index (χ0n) is 12.0. The Bertz CT molecular complexity index is 653. The molecule has 0 saturated heterocycles. The Morgan fingerprint density at radius 2 is 2.05 bits per heavy atom. The number of nitrogens with zero attached hydrogens (tertiary/aromatic N) is 1. The number of hydrogen-bond acceptors (Lipinski definition) is 4. The summed E-state index contributed by atoms with van der Waals surface area (Å²) in [5, 5.41) is 3.22. The third-order valence-corrected chi connectivity index (χ3v) is 4.24. The molecule has 0 spiro atoms. The van der Waals surface area contributed by atoms with Crippen molar-refractivity contribution in [3.05, 3.63) is 53.6 Å². The zero-order valence-corrected chi connectivity index (χ0v) is 12.8. The quantitative estimate of drug-likeness (QED) is 0.682. The van der Waals surface area contributed by atoms with Gasteiger partial charge in [0.15, 0.2) is 0 Å². The molecule has 0 atom stereocenters. The van der Waals surface area contributed by atoms with Crippen LogP contribution >= 0.6 is 0 Å². The monoisotopic (exact) mass is 308 g/mol. The molecule has 2 aromatic rings. The maximum absolute atomic E-state index is 12.1. The van der Waals surface area contributed by atoms with Crippen LogP contribution in [0.4, 0.5) is 0 Å². The van der Waals surface area contributed by atoms with Crippen LogP contribution in [0.3, 0.4) is 0 Å². The Hall–Kier alpha value is -1.70. The van der Waals surface area contributed by atoms with E-state index in [1.54, 1.807) is 12.4 Å². The van der Waals surface area contributed by atoms with E-state index in [0.29, 0.717) is 5.82 Å². The molecule has 3 N–H and O–H groups in total. The van der Waals surface area contributed by atoms with Crippen molar-refractivity contribution >= 4 is 10.0 Å². The molecule has 1 heterocycles. The minimum Gasteiger partial charge on any atom is -0.347 e. The van der Waals surface area contributed by atoms with Gasteiger partial charge in [0.05, 0.1) is 12.3 Å². The van der Waals surface area contributed by atoms with Gasteiger partial charge in [0.25, 0.3) is 0 Å². The molecule has 6 nitrogen and oxygen atoms in total. The Morgan fingerprint density at radius 3 is 2.76 bits per heavy atom. The molecule has 0 aliphatic carbocycles. The van der Waals surface area contributed by atoms with Crippen LogP contribution in [0.1, 0.15) is 23.9 Å². The lowest BCUT2D eigenvalue weighted by atomic mass is 10.1. The van der Waals surface area contributed by atoms with Crippen molar-refractivity contribution in [1.82, 2.24) is 20.0 Å².